The maximum atomic E-state index is 13.6. The van der Waals surface area contributed by atoms with Crippen molar-refractivity contribution in [3.63, 3.8) is 0 Å². The largest absolute Gasteiger partial charge is 0.350 e. The highest BCUT2D eigenvalue weighted by Gasteiger charge is 2.19. The second-order valence-corrected chi connectivity index (χ2v) is 8.16. The number of fused-ring (bicyclic) bond motifs is 1. The second kappa shape index (κ2) is 9.49. The molecule has 0 aliphatic carbocycles. The summed E-state index contributed by atoms with van der Waals surface area (Å²) < 4.78 is 33.6. The van der Waals surface area contributed by atoms with Gasteiger partial charge in [-0.1, -0.05) is 29.4 Å². The molecule has 5 aromatic rings. The highest BCUT2D eigenvalue weighted by molar-refractivity contribution is 5.83. The van der Waals surface area contributed by atoms with Crippen molar-refractivity contribution in [1.82, 2.24) is 25.0 Å². The quantitative estimate of drug-likeness (QED) is 0.388. The van der Waals surface area contributed by atoms with Crippen LogP contribution in [0.5, 0.6) is 0 Å². The van der Waals surface area contributed by atoms with Crippen molar-refractivity contribution in [3.05, 3.63) is 100.0 Å². The molecule has 0 aliphatic rings. The third kappa shape index (κ3) is 4.74. The molecule has 0 atom stereocenters. The predicted molar refractivity (Wildman–Crippen MR) is 128 cm³/mol. The van der Waals surface area contributed by atoms with E-state index < -0.39 is 11.2 Å². The van der Waals surface area contributed by atoms with Crippen molar-refractivity contribution in [1.29, 1.82) is 0 Å². The molecule has 0 unspecified atom stereocenters. The first kappa shape index (κ1) is 23.0. The van der Waals surface area contributed by atoms with Gasteiger partial charge >= 0.3 is 0 Å². The van der Waals surface area contributed by atoms with Crippen LogP contribution in [0, 0.1) is 18.6 Å². The number of pyridine rings is 2. The zero-order valence-electron chi connectivity index (χ0n) is 19.0. The molecule has 3 aromatic heterocycles. The summed E-state index contributed by atoms with van der Waals surface area (Å²) >= 11 is 0. The zero-order chi connectivity index (χ0) is 25.2. The molecule has 0 bridgehead atoms. The van der Waals surface area contributed by atoms with E-state index in [1.165, 1.54) is 41.1 Å². The van der Waals surface area contributed by atoms with Gasteiger partial charge in [0, 0.05) is 24.0 Å². The third-order valence-electron chi connectivity index (χ3n) is 5.52. The van der Waals surface area contributed by atoms with Gasteiger partial charge in [0.05, 0.1) is 5.39 Å². The number of halogens is 2. The minimum atomic E-state index is -0.458. The van der Waals surface area contributed by atoms with Crippen molar-refractivity contribution in [2.24, 2.45) is 0 Å². The lowest BCUT2D eigenvalue weighted by Gasteiger charge is -2.12. The minimum Gasteiger partial charge on any atom is -0.350 e. The molecule has 0 saturated heterocycles. The van der Waals surface area contributed by atoms with E-state index in [1.54, 1.807) is 37.3 Å². The Morgan fingerprint density at radius 2 is 1.83 bits per heavy atom. The van der Waals surface area contributed by atoms with Crippen LogP contribution in [0.15, 0.2) is 76.2 Å². The number of nitrogens with one attached hydrogen (secondary N) is 1. The molecule has 36 heavy (non-hydrogen) atoms. The van der Waals surface area contributed by atoms with Crippen LogP contribution in [0.3, 0.4) is 0 Å². The van der Waals surface area contributed by atoms with Crippen molar-refractivity contribution in [3.8, 4) is 22.8 Å². The molecule has 0 radical (unpaired) electrons. The zero-order valence-corrected chi connectivity index (χ0v) is 19.0. The summed E-state index contributed by atoms with van der Waals surface area (Å²) in [6, 6.07) is 14.8. The molecular formula is C26H19F2N5O3. The van der Waals surface area contributed by atoms with Crippen molar-refractivity contribution >= 4 is 16.9 Å². The molecule has 0 saturated carbocycles. The Balaban J connectivity index is 1.49. The van der Waals surface area contributed by atoms with Crippen LogP contribution < -0.4 is 10.7 Å². The van der Waals surface area contributed by atoms with Gasteiger partial charge in [-0.05, 0) is 48.9 Å². The van der Waals surface area contributed by atoms with Gasteiger partial charge in [0.1, 0.15) is 29.4 Å². The fraction of sp³-hybridized carbons (Fsp3) is 0.115. The Morgan fingerprint density at radius 1 is 1.03 bits per heavy atom. The standard InChI is InChI=1S/C26H19F2N5O3/c1-15-5-10-20-23(35)21(26-31-24(32-36-26)17-3-2-4-19(28)11-17)13-33(25(20)30-15)14-22(34)29-12-16-6-8-18(27)9-7-16/h2-11,13H,12,14H2,1H3,(H,29,34). The first-order valence-corrected chi connectivity index (χ1v) is 11.0. The number of carbonyl (C=O) groups is 1. The van der Waals surface area contributed by atoms with E-state index in [0.717, 1.165) is 5.56 Å². The summed E-state index contributed by atoms with van der Waals surface area (Å²) in [5, 5.41) is 6.93. The highest BCUT2D eigenvalue weighted by Crippen LogP contribution is 2.23. The normalized spacial score (nSPS) is 11.1. The van der Waals surface area contributed by atoms with Crippen molar-refractivity contribution < 1.29 is 18.1 Å². The number of amides is 1. The summed E-state index contributed by atoms with van der Waals surface area (Å²) in [5.41, 5.74) is 1.81. The summed E-state index contributed by atoms with van der Waals surface area (Å²) in [6.07, 6.45) is 1.44. The van der Waals surface area contributed by atoms with Gasteiger partial charge in [0.15, 0.2) is 0 Å². The molecule has 1 amide bonds. The summed E-state index contributed by atoms with van der Waals surface area (Å²) in [7, 11) is 0. The molecule has 0 fully saturated rings. The van der Waals surface area contributed by atoms with Crippen LogP contribution in [0.2, 0.25) is 0 Å². The lowest BCUT2D eigenvalue weighted by atomic mass is 10.1. The topological polar surface area (TPSA) is 103 Å². The summed E-state index contributed by atoms with van der Waals surface area (Å²) in [6.45, 7) is 1.84. The monoisotopic (exact) mass is 487 g/mol. The van der Waals surface area contributed by atoms with Crippen LogP contribution in [0.1, 0.15) is 11.3 Å². The van der Waals surface area contributed by atoms with Gasteiger partial charge in [-0.2, -0.15) is 4.98 Å². The van der Waals surface area contributed by atoms with Crippen LogP contribution in [-0.4, -0.2) is 25.6 Å². The van der Waals surface area contributed by atoms with Crippen molar-refractivity contribution in [2.45, 2.75) is 20.0 Å². The lowest BCUT2D eigenvalue weighted by molar-refractivity contribution is -0.121. The number of rotatable bonds is 6. The van der Waals surface area contributed by atoms with Gasteiger partial charge < -0.3 is 14.4 Å². The van der Waals surface area contributed by atoms with Gasteiger partial charge in [-0.25, -0.2) is 13.8 Å². The van der Waals surface area contributed by atoms with E-state index in [0.29, 0.717) is 16.9 Å². The molecule has 0 spiro atoms. The number of nitrogens with zero attached hydrogens (tertiary/aromatic N) is 4. The molecule has 3 heterocycles. The van der Waals surface area contributed by atoms with Gasteiger partial charge in [-0.15, -0.1) is 0 Å². The Kier molecular flexibility index (Phi) is 6.07. The van der Waals surface area contributed by atoms with Crippen LogP contribution >= 0.6 is 0 Å². The second-order valence-electron chi connectivity index (χ2n) is 8.16. The molecule has 180 valence electrons. The Labute approximate surface area is 203 Å². The summed E-state index contributed by atoms with van der Waals surface area (Å²) in [4.78, 5) is 34.7. The Hall–Kier alpha value is -4.73. The number of carbonyl (C=O) groups excluding carboxylic acids is 1. The first-order chi connectivity index (χ1) is 17.4. The Bertz CT molecular complexity index is 1640. The number of hydrogen-bond acceptors (Lipinski definition) is 6. The molecule has 8 nitrogen and oxygen atoms in total. The number of benzene rings is 2. The third-order valence-corrected chi connectivity index (χ3v) is 5.52. The fourth-order valence-corrected chi connectivity index (χ4v) is 3.72. The molecule has 5 rings (SSSR count). The average Bonchev–Trinajstić information content (AvgIpc) is 3.35. The van der Waals surface area contributed by atoms with Crippen LogP contribution in [-0.2, 0) is 17.9 Å². The van der Waals surface area contributed by atoms with E-state index in [-0.39, 0.29) is 47.5 Å². The van der Waals surface area contributed by atoms with E-state index >= 15 is 0 Å². The molecule has 0 aliphatic heterocycles. The lowest BCUT2D eigenvalue weighted by Crippen LogP contribution is -2.28. The highest BCUT2D eigenvalue weighted by atomic mass is 19.1. The SMILES string of the molecule is Cc1ccc2c(=O)c(-c3nc(-c4cccc(F)c4)no3)cn(CC(=O)NCc3ccc(F)cc3)c2n1. The smallest absolute Gasteiger partial charge is 0.263 e. The number of aromatic nitrogens is 4. The number of aryl methyl sites for hydroxylation is 1. The maximum absolute atomic E-state index is 13.6. The molecule has 1 N–H and O–H groups in total. The van der Waals surface area contributed by atoms with Crippen LogP contribution in [0.4, 0.5) is 8.78 Å². The van der Waals surface area contributed by atoms with E-state index in [1.807, 2.05) is 0 Å². The van der Waals surface area contributed by atoms with Gasteiger partial charge in [-0.3, -0.25) is 9.59 Å². The Morgan fingerprint density at radius 3 is 2.61 bits per heavy atom. The van der Waals surface area contributed by atoms with Gasteiger partial charge in [0.25, 0.3) is 5.89 Å². The molecular weight excluding hydrogens is 468 g/mol. The van der Waals surface area contributed by atoms with E-state index in [4.69, 9.17) is 4.52 Å². The van der Waals surface area contributed by atoms with E-state index in [9.17, 15) is 18.4 Å². The number of hydrogen-bond donors (Lipinski definition) is 1. The molecule has 10 heteroatoms. The maximum Gasteiger partial charge on any atom is 0.263 e. The molecule has 2 aromatic carbocycles. The fourth-order valence-electron chi connectivity index (χ4n) is 3.72. The first-order valence-electron chi connectivity index (χ1n) is 11.0. The van der Waals surface area contributed by atoms with Crippen LogP contribution in [0.25, 0.3) is 33.9 Å². The minimum absolute atomic E-state index is 0.0674. The van der Waals surface area contributed by atoms with Crippen molar-refractivity contribution in [2.75, 3.05) is 0 Å². The van der Waals surface area contributed by atoms with E-state index in [2.05, 4.69) is 20.4 Å². The summed E-state index contributed by atoms with van der Waals surface area (Å²) in [5.74, 6) is -1.11. The van der Waals surface area contributed by atoms with Gasteiger partial charge in [0.2, 0.25) is 17.2 Å². The average molecular weight is 487 g/mol. The predicted octanol–water partition coefficient (Wildman–Crippen LogP) is 4.02.